The number of carboxylic acid groups (broad SMARTS) is 1. The van der Waals surface area contributed by atoms with Gasteiger partial charge in [0.2, 0.25) is 0 Å². The number of hydrogen-bond acceptors (Lipinski definition) is 5. The van der Waals surface area contributed by atoms with Gasteiger partial charge in [0.15, 0.2) is 0 Å². The van der Waals surface area contributed by atoms with Gasteiger partial charge in [-0.1, -0.05) is 47.0 Å². The van der Waals surface area contributed by atoms with Crippen LogP contribution in [-0.4, -0.2) is 71.5 Å². The maximum absolute atomic E-state index is 12.3. The summed E-state index contributed by atoms with van der Waals surface area (Å²) < 4.78 is 5.35. The van der Waals surface area contributed by atoms with Gasteiger partial charge in [0, 0.05) is 26.2 Å². The number of likely N-dealkylation sites (N-methyl/N-ethyl adjacent to an activating group) is 1. The molecule has 0 aromatic carbocycles. The lowest BCUT2D eigenvalue weighted by molar-refractivity contribution is -0.919. The number of quaternary nitrogens is 1. The van der Waals surface area contributed by atoms with E-state index in [-0.39, 0.29) is 11.8 Å². The highest BCUT2D eigenvalue weighted by molar-refractivity contribution is 5.66. The number of unbranched alkanes of at least 4 members (excludes halogenated alkanes) is 2. The van der Waals surface area contributed by atoms with Gasteiger partial charge in [-0.2, -0.15) is 0 Å². The van der Waals surface area contributed by atoms with E-state index >= 15 is 0 Å². The van der Waals surface area contributed by atoms with Gasteiger partial charge in [-0.15, -0.1) is 0 Å². The van der Waals surface area contributed by atoms with Crippen molar-refractivity contribution >= 4 is 5.97 Å². The van der Waals surface area contributed by atoms with Gasteiger partial charge >= 0.3 is 5.97 Å². The van der Waals surface area contributed by atoms with Crippen LogP contribution in [-0.2, 0) is 9.53 Å². The molecule has 1 aliphatic rings. The summed E-state index contributed by atoms with van der Waals surface area (Å²) in [4.78, 5) is 12.7. The summed E-state index contributed by atoms with van der Waals surface area (Å²) >= 11 is 0. The van der Waals surface area contributed by atoms with Crippen molar-refractivity contribution in [1.82, 2.24) is 4.90 Å². The summed E-state index contributed by atoms with van der Waals surface area (Å²) in [5.74, 6) is 0.624. The fraction of sp³-hybridized carbons (Fsp3) is 0.962. The second-order valence-corrected chi connectivity index (χ2v) is 11.2. The number of aliphatic hydroxyl groups is 1. The van der Waals surface area contributed by atoms with Crippen molar-refractivity contribution in [2.24, 2.45) is 17.3 Å². The Bertz CT molecular complexity index is 545. The topological polar surface area (TPSA) is 93.1 Å². The molecule has 1 rings (SSSR count). The summed E-state index contributed by atoms with van der Waals surface area (Å²) in [5, 5.41) is 31.4. The zero-order chi connectivity index (χ0) is 24.9. The predicted octanol–water partition coefficient (Wildman–Crippen LogP) is 5.21. The normalized spacial score (nSPS) is 23.7. The highest BCUT2D eigenvalue weighted by Gasteiger charge is 2.37. The average Bonchev–Trinajstić information content (AvgIpc) is 3.03. The van der Waals surface area contributed by atoms with Crippen molar-refractivity contribution in [1.29, 1.82) is 0 Å². The lowest BCUT2D eigenvalue weighted by Crippen LogP contribution is -2.50. The molecule has 0 amide bonds. The van der Waals surface area contributed by atoms with Crippen molar-refractivity contribution in [2.45, 2.75) is 105 Å². The number of nitrogens with zero attached hydrogens (tertiary/aromatic N) is 2. The van der Waals surface area contributed by atoms with Crippen LogP contribution >= 0.6 is 0 Å². The Morgan fingerprint density at radius 3 is 2.45 bits per heavy atom. The van der Waals surface area contributed by atoms with Crippen molar-refractivity contribution in [3.8, 4) is 0 Å². The molecule has 4 unspecified atom stereocenters. The number of aliphatic hydroxyl groups excluding tert-OH is 1. The van der Waals surface area contributed by atoms with Crippen LogP contribution in [0.15, 0.2) is 0 Å². The standard InChI is InChI=1S/C26H52N2O5/c1-6-28(32)18-17-27(25(28)31)16-9-7-11-22(2)21-23(3)13-20-33-19-10-8-14-26(4,5)15-12-24(29)30/h22-23,25,31H,6-21H2,1-5H3,(H,29,30). The highest BCUT2D eigenvalue weighted by atomic mass is 16.6. The molecule has 1 fully saturated rings. The third kappa shape index (κ3) is 12.5. The fourth-order valence-corrected chi connectivity index (χ4v) is 4.87. The lowest BCUT2D eigenvalue weighted by Gasteiger charge is -2.40. The molecule has 0 radical (unpaired) electrons. The minimum absolute atomic E-state index is 0.0900. The van der Waals surface area contributed by atoms with Crippen LogP contribution < -0.4 is 0 Å². The summed E-state index contributed by atoms with van der Waals surface area (Å²) in [6.45, 7) is 14.8. The molecule has 7 heteroatoms. The van der Waals surface area contributed by atoms with Crippen molar-refractivity contribution in [3.05, 3.63) is 5.21 Å². The molecule has 1 heterocycles. The maximum atomic E-state index is 12.3. The minimum Gasteiger partial charge on any atom is -0.630 e. The first kappa shape index (κ1) is 30.3. The third-order valence-electron chi connectivity index (χ3n) is 7.41. The van der Waals surface area contributed by atoms with Gasteiger partial charge in [-0.3, -0.25) is 4.79 Å². The molecule has 0 aromatic rings. The van der Waals surface area contributed by atoms with Crippen LogP contribution in [0.4, 0.5) is 0 Å². The number of hydroxylamine groups is 3. The molecule has 0 aliphatic carbocycles. The number of hydrogen-bond donors (Lipinski definition) is 2. The van der Waals surface area contributed by atoms with Gasteiger partial charge < -0.3 is 24.8 Å². The van der Waals surface area contributed by atoms with Crippen molar-refractivity contribution < 1.29 is 24.4 Å². The maximum Gasteiger partial charge on any atom is 0.303 e. The lowest BCUT2D eigenvalue weighted by atomic mass is 9.83. The first-order chi connectivity index (χ1) is 15.5. The van der Waals surface area contributed by atoms with Crippen molar-refractivity contribution in [2.75, 3.05) is 39.4 Å². The quantitative estimate of drug-likeness (QED) is 0.152. The van der Waals surface area contributed by atoms with E-state index in [0.29, 0.717) is 31.5 Å². The van der Waals surface area contributed by atoms with Crippen LogP contribution in [0.5, 0.6) is 0 Å². The third-order valence-corrected chi connectivity index (χ3v) is 7.41. The van der Waals surface area contributed by atoms with Gasteiger partial charge in [0.25, 0.3) is 6.35 Å². The summed E-state index contributed by atoms with van der Waals surface area (Å²) in [5.41, 5.74) is 0.0900. The average molecular weight is 473 g/mol. The number of rotatable bonds is 19. The Kier molecular flexibility index (Phi) is 14.1. The molecule has 7 nitrogen and oxygen atoms in total. The Hall–Kier alpha value is -0.730. The Labute approximate surface area is 202 Å². The molecule has 1 aliphatic heterocycles. The molecule has 0 saturated carbocycles. The zero-order valence-electron chi connectivity index (χ0n) is 22.1. The van der Waals surface area contributed by atoms with Gasteiger partial charge in [0.05, 0.1) is 19.6 Å². The van der Waals surface area contributed by atoms with Crippen LogP contribution in [0.2, 0.25) is 0 Å². The second-order valence-electron chi connectivity index (χ2n) is 11.2. The first-order valence-electron chi connectivity index (χ1n) is 13.3. The van der Waals surface area contributed by atoms with E-state index in [4.69, 9.17) is 9.84 Å². The van der Waals surface area contributed by atoms with Crippen LogP contribution in [0.1, 0.15) is 98.8 Å². The molecule has 196 valence electrons. The van der Waals surface area contributed by atoms with Gasteiger partial charge in [0.1, 0.15) is 0 Å². The number of carbonyl (C=O) groups is 1. The van der Waals surface area contributed by atoms with E-state index < -0.39 is 17.0 Å². The summed E-state index contributed by atoms with van der Waals surface area (Å²) in [7, 11) is 0. The van der Waals surface area contributed by atoms with E-state index in [1.54, 1.807) is 0 Å². The van der Waals surface area contributed by atoms with Gasteiger partial charge in [-0.05, 0) is 62.7 Å². The fourth-order valence-electron chi connectivity index (χ4n) is 4.87. The SMILES string of the molecule is CC[N+]1([O-])CCN(CCCCC(C)CC(C)CCOCCCCC(C)(C)CCC(=O)O)C1O. The zero-order valence-corrected chi connectivity index (χ0v) is 22.1. The molecular formula is C26H52N2O5. The number of aliphatic carboxylic acids is 1. The van der Waals surface area contributed by atoms with E-state index in [2.05, 4.69) is 27.7 Å². The smallest absolute Gasteiger partial charge is 0.303 e. The predicted molar refractivity (Wildman–Crippen MR) is 133 cm³/mol. The molecule has 0 spiro atoms. The molecular weight excluding hydrogens is 420 g/mol. The largest absolute Gasteiger partial charge is 0.630 e. The summed E-state index contributed by atoms with van der Waals surface area (Å²) in [6.07, 6.45) is 8.95. The molecule has 0 aromatic heterocycles. The summed E-state index contributed by atoms with van der Waals surface area (Å²) in [6, 6.07) is 0. The molecule has 33 heavy (non-hydrogen) atoms. The van der Waals surface area contributed by atoms with E-state index in [1.165, 1.54) is 12.8 Å². The van der Waals surface area contributed by atoms with E-state index in [0.717, 1.165) is 64.7 Å². The Morgan fingerprint density at radius 2 is 1.82 bits per heavy atom. The minimum atomic E-state index is -0.879. The Balaban J connectivity index is 2.01. The highest BCUT2D eigenvalue weighted by Crippen LogP contribution is 2.29. The number of carboxylic acids is 1. The molecule has 1 saturated heterocycles. The van der Waals surface area contributed by atoms with Crippen LogP contribution in [0.3, 0.4) is 0 Å². The second kappa shape index (κ2) is 15.3. The van der Waals surface area contributed by atoms with Crippen LogP contribution in [0, 0.1) is 22.5 Å². The number of ether oxygens (including phenoxy) is 1. The molecule has 4 atom stereocenters. The molecule has 0 bridgehead atoms. The van der Waals surface area contributed by atoms with Gasteiger partial charge in [-0.25, -0.2) is 4.90 Å². The van der Waals surface area contributed by atoms with E-state index in [9.17, 15) is 15.1 Å². The monoisotopic (exact) mass is 472 g/mol. The first-order valence-corrected chi connectivity index (χ1v) is 13.3. The Morgan fingerprint density at radius 1 is 1.12 bits per heavy atom. The van der Waals surface area contributed by atoms with Crippen molar-refractivity contribution in [3.63, 3.8) is 0 Å². The molecule has 2 N–H and O–H groups in total. The van der Waals surface area contributed by atoms with E-state index in [1.807, 2.05) is 11.8 Å². The van der Waals surface area contributed by atoms with Crippen LogP contribution in [0.25, 0.3) is 0 Å².